The number of nitrogens with zero attached hydrogens (tertiary/aromatic N) is 2. The third kappa shape index (κ3) is 3.49. The van der Waals surface area contributed by atoms with Crippen LogP contribution in [0.3, 0.4) is 0 Å². The van der Waals surface area contributed by atoms with E-state index >= 15 is 0 Å². The Morgan fingerprint density at radius 1 is 1.44 bits per heavy atom. The van der Waals surface area contributed by atoms with Crippen molar-refractivity contribution in [1.82, 2.24) is 4.90 Å². The minimum Gasteiger partial charge on any atom is -0.399 e. The lowest BCUT2D eigenvalue weighted by molar-refractivity contribution is 0.208. The van der Waals surface area contributed by atoms with E-state index in [4.69, 9.17) is 4.84 Å². The van der Waals surface area contributed by atoms with Gasteiger partial charge in [-0.05, 0) is 24.8 Å². The van der Waals surface area contributed by atoms with Crippen LogP contribution in [0, 0.1) is 0 Å². The third-order valence-corrected chi connectivity index (χ3v) is 3.37. The molecule has 0 N–H and O–H groups in total. The molecule has 0 unspecified atom stereocenters. The van der Waals surface area contributed by atoms with Crippen LogP contribution in [0.25, 0.3) is 0 Å². The van der Waals surface area contributed by atoms with Crippen molar-refractivity contribution in [1.29, 1.82) is 0 Å². The Hall–Kier alpha value is -0.540. The van der Waals surface area contributed by atoms with E-state index in [1.54, 1.807) is 7.11 Å². The zero-order chi connectivity index (χ0) is 10.5. The second-order valence-corrected chi connectivity index (χ2v) is 4.39. The summed E-state index contributed by atoms with van der Waals surface area (Å²) in [6.07, 6.45) is 10.9. The lowest BCUT2D eigenvalue weighted by Gasteiger charge is -2.31. The molecule has 16 heavy (non-hydrogen) atoms. The maximum atomic E-state index is 4.72. The SMILES string of the molecule is CO/N=C/C1=CCCN(C2CCCC2)C1.Cl. The van der Waals surface area contributed by atoms with Gasteiger partial charge in [-0.15, -0.1) is 12.4 Å². The van der Waals surface area contributed by atoms with Gasteiger partial charge in [-0.3, -0.25) is 4.90 Å². The highest BCUT2D eigenvalue weighted by Crippen LogP contribution is 2.25. The standard InChI is InChI=1S/C12H20N2O.ClH/c1-15-13-9-11-5-4-8-14(10-11)12-6-2-3-7-12;/h5,9,12H,2-4,6-8,10H2,1H3;1H/b13-9+;. The molecule has 1 saturated carbocycles. The number of oxime groups is 1. The van der Waals surface area contributed by atoms with Crippen molar-refractivity contribution in [3.63, 3.8) is 0 Å². The largest absolute Gasteiger partial charge is 0.399 e. The highest BCUT2D eigenvalue weighted by molar-refractivity contribution is 5.85. The van der Waals surface area contributed by atoms with Crippen molar-refractivity contribution in [2.24, 2.45) is 5.16 Å². The monoisotopic (exact) mass is 244 g/mol. The molecule has 0 bridgehead atoms. The van der Waals surface area contributed by atoms with E-state index in [9.17, 15) is 0 Å². The Morgan fingerprint density at radius 2 is 2.19 bits per heavy atom. The topological polar surface area (TPSA) is 24.8 Å². The van der Waals surface area contributed by atoms with Gasteiger partial charge in [-0.2, -0.15) is 0 Å². The molecule has 0 aromatic heterocycles. The zero-order valence-corrected chi connectivity index (χ0v) is 10.7. The maximum absolute atomic E-state index is 4.72. The second kappa shape index (κ2) is 6.92. The Balaban J connectivity index is 0.00000128. The molecule has 4 heteroatoms. The van der Waals surface area contributed by atoms with Crippen LogP contribution in [0.1, 0.15) is 32.1 Å². The number of halogens is 1. The molecule has 0 aromatic carbocycles. The Labute approximate surface area is 104 Å². The summed E-state index contributed by atoms with van der Waals surface area (Å²) in [6.45, 7) is 2.27. The predicted octanol–water partition coefficient (Wildman–Crippen LogP) is 2.62. The summed E-state index contributed by atoms with van der Waals surface area (Å²) >= 11 is 0. The quantitative estimate of drug-likeness (QED) is 0.563. The Kier molecular flexibility index (Phi) is 5.85. The van der Waals surface area contributed by atoms with E-state index in [2.05, 4.69) is 16.1 Å². The first-order chi connectivity index (χ1) is 7.40. The molecule has 1 aliphatic carbocycles. The molecule has 1 heterocycles. The summed E-state index contributed by atoms with van der Waals surface area (Å²) in [5, 5.41) is 3.84. The van der Waals surface area contributed by atoms with Crippen molar-refractivity contribution in [2.45, 2.75) is 38.1 Å². The van der Waals surface area contributed by atoms with E-state index in [-0.39, 0.29) is 12.4 Å². The van der Waals surface area contributed by atoms with Crippen LogP contribution in [0.4, 0.5) is 0 Å². The molecule has 0 aromatic rings. The molecule has 0 saturated heterocycles. The highest BCUT2D eigenvalue weighted by Gasteiger charge is 2.23. The number of hydrogen-bond donors (Lipinski definition) is 0. The highest BCUT2D eigenvalue weighted by atomic mass is 35.5. The van der Waals surface area contributed by atoms with Gasteiger partial charge in [0.25, 0.3) is 0 Å². The molecule has 2 rings (SSSR count). The lowest BCUT2D eigenvalue weighted by atomic mass is 10.1. The molecule has 1 aliphatic heterocycles. The second-order valence-electron chi connectivity index (χ2n) is 4.39. The van der Waals surface area contributed by atoms with E-state index in [0.717, 1.165) is 19.0 Å². The molecule has 0 radical (unpaired) electrons. The van der Waals surface area contributed by atoms with E-state index in [1.165, 1.54) is 37.8 Å². The maximum Gasteiger partial charge on any atom is 0.106 e. The molecule has 1 fully saturated rings. The fourth-order valence-corrected chi connectivity index (χ4v) is 2.59. The predicted molar refractivity (Wildman–Crippen MR) is 69.3 cm³/mol. The van der Waals surface area contributed by atoms with Crippen LogP contribution in [-0.2, 0) is 4.84 Å². The smallest absolute Gasteiger partial charge is 0.106 e. The summed E-state index contributed by atoms with van der Waals surface area (Å²) in [5.74, 6) is 0. The average Bonchev–Trinajstić information content (AvgIpc) is 2.80. The minimum atomic E-state index is 0. The minimum absolute atomic E-state index is 0. The first-order valence-corrected chi connectivity index (χ1v) is 5.90. The summed E-state index contributed by atoms with van der Waals surface area (Å²) in [4.78, 5) is 7.32. The number of rotatable bonds is 3. The van der Waals surface area contributed by atoms with Gasteiger partial charge in [-0.25, -0.2) is 0 Å². The first kappa shape index (κ1) is 13.5. The zero-order valence-electron chi connectivity index (χ0n) is 9.89. The van der Waals surface area contributed by atoms with Gasteiger partial charge >= 0.3 is 0 Å². The van der Waals surface area contributed by atoms with E-state index in [0.29, 0.717) is 0 Å². The normalized spacial score (nSPS) is 23.2. The van der Waals surface area contributed by atoms with Crippen LogP contribution in [-0.4, -0.2) is 37.4 Å². The third-order valence-electron chi connectivity index (χ3n) is 3.37. The average molecular weight is 245 g/mol. The van der Waals surface area contributed by atoms with Gasteiger partial charge in [0.05, 0.1) is 6.21 Å². The van der Waals surface area contributed by atoms with E-state index in [1.807, 2.05) is 6.21 Å². The van der Waals surface area contributed by atoms with Gasteiger partial charge in [0, 0.05) is 19.1 Å². The van der Waals surface area contributed by atoms with Crippen LogP contribution < -0.4 is 0 Å². The molecule has 0 amide bonds. The van der Waals surface area contributed by atoms with Gasteiger partial charge < -0.3 is 4.84 Å². The van der Waals surface area contributed by atoms with Gasteiger partial charge in [0.15, 0.2) is 0 Å². The lowest BCUT2D eigenvalue weighted by Crippen LogP contribution is -2.37. The Bertz CT molecular complexity index is 260. The van der Waals surface area contributed by atoms with Crippen LogP contribution >= 0.6 is 12.4 Å². The van der Waals surface area contributed by atoms with Gasteiger partial charge in [-0.1, -0.05) is 24.1 Å². The Morgan fingerprint density at radius 3 is 2.88 bits per heavy atom. The van der Waals surface area contributed by atoms with Crippen molar-refractivity contribution < 1.29 is 4.84 Å². The van der Waals surface area contributed by atoms with Gasteiger partial charge in [0.2, 0.25) is 0 Å². The van der Waals surface area contributed by atoms with Gasteiger partial charge in [0.1, 0.15) is 7.11 Å². The van der Waals surface area contributed by atoms with Crippen molar-refractivity contribution in [3.05, 3.63) is 11.6 Å². The fraction of sp³-hybridized carbons (Fsp3) is 0.750. The van der Waals surface area contributed by atoms with Crippen LogP contribution in [0.5, 0.6) is 0 Å². The summed E-state index contributed by atoms with van der Waals surface area (Å²) in [6, 6.07) is 0.824. The van der Waals surface area contributed by atoms with E-state index < -0.39 is 0 Å². The molecule has 2 aliphatic rings. The van der Waals surface area contributed by atoms with Crippen molar-refractivity contribution >= 4 is 18.6 Å². The summed E-state index contributed by atoms with van der Waals surface area (Å²) in [7, 11) is 1.59. The van der Waals surface area contributed by atoms with Crippen molar-refractivity contribution in [3.8, 4) is 0 Å². The van der Waals surface area contributed by atoms with Crippen molar-refractivity contribution in [2.75, 3.05) is 20.2 Å². The molecular weight excluding hydrogens is 224 g/mol. The molecule has 0 spiro atoms. The first-order valence-electron chi connectivity index (χ1n) is 5.90. The fourth-order valence-electron chi connectivity index (χ4n) is 2.59. The molecular formula is C12H21ClN2O. The van der Waals surface area contributed by atoms with Crippen LogP contribution in [0.2, 0.25) is 0 Å². The van der Waals surface area contributed by atoms with Crippen LogP contribution in [0.15, 0.2) is 16.8 Å². The summed E-state index contributed by atoms with van der Waals surface area (Å²) in [5.41, 5.74) is 1.30. The molecule has 3 nitrogen and oxygen atoms in total. The molecule has 0 atom stereocenters. The molecule has 92 valence electrons. The number of hydrogen-bond acceptors (Lipinski definition) is 3. The summed E-state index contributed by atoms with van der Waals surface area (Å²) < 4.78 is 0.